The number of likely N-dealkylation sites (N-methyl/N-ethyl adjacent to an activating group) is 1. The van der Waals surface area contributed by atoms with E-state index in [9.17, 15) is 14.4 Å². The van der Waals surface area contributed by atoms with Crippen molar-refractivity contribution in [2.24, 2.45) is 0 Å². The third-order valence-corrected chi connectivity index (χ3v) is 8.57. The molecule has 3 heterocycles. The number of nitrogens with zero attached hydrogens (tertiary/aromatic N) is 4. The van der Waals surface area contributed by atoms with Crippen LogP contribution in [0.5, 0.6) is 0 Å². The summed E-state index contributed by atoms with van der Waals surface area (Å²) in [6.07, 6.45) is 0.585. The molecule has 0 radical (unpaired) electrons. The summed E-state index contributed by atoms with van der Waals surface area (Å²) in [4.78, 5) is 47.2. The maximum atomic E-state index is 13.5. The number of hydrogen-bond donors (Lipinski definition) is 0. The van der Waals surface area contributed by atoms with Crippen molar-refractivity contribution < 1.29 is 28.6 Å². The molecule has 43 heavy (non-hydrogen) atoms. The Labute approximate surface area is 254 Å². The van der Waals surface area contributed by atoms with Gasteiger partial charge >= 0.3 is 12.2 Å². The number of carbonyl (C=O) groups excluding carboxylic acids is 3. The van der Waals surface area contributed by atoms with Gasteiger partial charge in [-0.25, -0.2) is 9.59 Å². The smallest absolute Gasteiger partial charge is 0.414 e. The van der Waals surface area contributed by atoms with E-state index < -0.39 is 11.7 Å². The van der Waals surface area contributed by atoms with Crippen LogP contribution in [0.1, 0.15) is 55.1 Å². The summed E-state index contributed by atoms with van der Waals surface area (Å²) in [5, 5.41) is 0. The van der Waals surface area contributed by atoms with Crippen molar-refractivity contribution in [1.29, 1.82) is 0 Å². The van der Waals surface area contributed by atoms with Gasteiger partial charge in [0, 0.05) is 63.8 Å². The normalized spacial score (nSPS) is 18.3. The predicted octanol–water partition coefficient (Wildman–Crippen LogP) is 4.52. The van der Waals surface area contributed by atoms with Crippen LogP contribution in [0.4, 0.5) is 15.3 Å². The fourth-order valence-electron chi connectivity index (χ4n) is 6.08. The molecule has 10 nitrogen and oxygen atoms in total. The van der Waals surface area contributed by atoms with Crippen LogP contribution in [-0.2, 0) is 26.2 Å². The first kappa shape index (κ1) is 30.8. The zero-order chi connectivity index (χ0) is 30.6. The molecule has 0 aromatic heterocycles. The molecule has 5 rings (SSSR count). The SMILES string of the molecule is CN(CCN1CCOCC1)C(=O)c1ccc2c(c1)N(C(=O)OC(C)(C)C)CC21CCN(C(=O)OCc2ccccc2)CC1. The molecule has 3 amide bonds. The molecule has 1 spiro atoms. The topological polar surface area (TPSA) is 91.9 Å². The predicted molar refractivity (Wildman–Crippen MR) is 163 cm³/mol. The summed E-state index contributed by atoms with van der Waals surface area (Å²) < 4.78 is 16.8. The molecule has 0 N–H and O–H groups in total. The third kappa shape index (κ3) is 7.30. The number of morpholine rings is 1. The van der Waals surface area contributed by atoms with Gasteiger partial charge in [0.25, 0.3) is 5.91 Å². The second-order valence-electron chi connectivity index (χ2n) is 12.8. The maximum absolute atomic E-state index is 13.5. The van der Waals surface area contributed by atoms with Crippen LogP contribution in [0.2, 0.25) is 0 Å². The standard InChI is InChI=1S/C33H44N4O6/c1-32(2,3)43-31(40)37-24-33(12-14-36(15-13-33)30(39)42-23-25-8-6-5-7-9-25)27-11-10-26(22-28(27)37)29(38)34(4)16-17-35-18-20-41-21-19-35/h5-11,22H,12-21,23-24H2,1-4H3. The minimum Gasteiger partial charge on any atom is -0.445 e. The lowest BCUT2D eigenvalue weighted by atomic mass is 9.74. The van der Waals surface area contributed by atoms with Gasteiger partial charge in [-0.3, -0.25) is 14.6 Å². The minimum absolute atomic E-state index is 0.0860. The van der Waals surface area contributed by atoms with E-state index in [4.69, 9.17) is 14.2 Å². The Balaban J connectivity index is 1.30. The molecule has 0 atom stereocenters. The first-order valence-corrected chi connectivity index (χ1v) is 15.2. The summed E-state index contributed by atoms with van der Waals surface area (Å²) in [7, 11) is 1.82. The molecule has 2 aromatic carbocycles. The van der Waals surface area contributed by atoms with Gasteiger partial charge in [0.2, 0.25) is 0 Å². The van der Waals surface area contributed by atoms with Crippen LogP contribution in [0, 0.1) is 0 Å². The van der Waals surface area contributed by atoms with Crippen LogP contribution in [0.3, 0.4) is 0 Å². The Bertz CT molecular complexity index is 1300. The highest BCUT2D eigenvalue weighted by atomic mass is 16.6. The zero-order valence-corrected chi connectivity index (χ0v) is 25.8. The van der Waals surface area contributed by atoms with E-state index in [0.717, 1.165) is 44.0 Å². The Morgan fingerprint density at radius 3 is 2.33 bits per heavy atom. The first-order valence-electron chi connectivity index (χ1n) is 15.2. The molecule has 2 saturated heterocycles. The van der Waals surface area contributed by atoms with Crippen LogP contribution in [-0.4, -0.2) is 104 Å². The van der Waals surface area contributed by atoms with Crippen LogP contribution in [0.15, 0.2) is 48.5 Å². The molecule has 0 bridgehead atoms. The molecule has 2 fully saturated rings. The molecular formula is C33H44N4O6. The third-order valence-electron chi connectivity index (χ3n) is 8.57. The van der Waals surface area contributed by atoms with E-state index in [-0.39, 0.29) is 24.0 Å². The average molecular weight is 593 g/mol. The van der Waals surface area contributed by atoms with Crippen molar-refractivity contribution in [3.05, 3.63) is 65.2 Å². The number of amides is 3. The minimum atomic E-state index is -0.661. The number of piperidine rings is 1. The van der Waals surface area contributed by atoms with Crippen LogP contribution >= 0.6 is 0 Å². The Morgan fingerprint density at radius 2 is 1.65 bits per heavy atom. The molecule has 10 heteroatoms. The van der Waals surface area contributed by atoms with Gasteiger partial charge < -0.3 is 24.0 Å². The molecule has 0 unspecified atom stereocenters. The lowest BCUT2D eigenvalue weighted by Crippen LogP contribution is -2.48. The monoisotopic (exact) mass is 592 g/mol. The fraction of sp³-hybridized carbons (Fsp3) is 0.545. The Kier molecular flexibility index (Phi) is 9.27. The van der Waals surface area contributed by atoms with Crippen LogP contribution < -0.4 is 4.90 Å². The van der Waals surface area contributed by atoms with Crippen molar-refractivity contribution in [3.8, 4) is 0 Å². The molecule has 3 aliphatic heterocycles. The van der Waals surface area contributed by atoms with Crippen molar-refractivity contribution in [1.82, 2.24) is 14.7 Å². The van der Waals surface area contributed by atoms with Crippen molar-refractivity contribution in [2.45, 2.75) is 51.2 Å². The highest BCUT2D eigenvalue weighted by molar-refractivity contribution is 5.98. The summed E-state index contributed by atoms with van der Waals surface area (Å²) in [6, 6.07) is 15.3. The molecular weight excluding hydrogens is 548 g/mol. The second-order valence-corrected chi connectivity index (χ2v) is 12.8. The number of likely N-dealkylation sites (tertiary alicyclic amines) is 1. The van der Waals surface area contributed by atoms with E-state index in [2.05, 4.69) is 4.90 Å². The summed E-state index contributed by atoms with van der Waals surface area (Å²) in [6.45, 7) is 11.8. The quantitative estimate of drug-likeness (QED) is 0.487. The Hall–Kier alpha value is -3.63. The molecule has 2 aromatic rings. The van der Waals surface area contributed by atoms with E-state index >= 15 is 0 Å². The lowest BCUT2D eigenvalue weighted by Gasteiger charge is -2.39. The Morgan fingerprint density at radius 1 is 0.953 bits per heavy atom. The van der Waals surface area contributed by atoms with Gasteiger partial charge in [0.1, 0.15) is 12.2 Å². The van der Waals surface area contributed by atoms with Gasteiger partial charge in [-0.1, -0.05) is 36.4 Å². The largest absolute Gasteiger partial charge is 0.445 e. The number of carbonyl (C=O) groups is 3. The van der Waals surface area contributed by atoms with Gasteiger partial charge in [-0.15, -0.1) is 0 Å². The first-order chi connectivity index (χ1) is 20.5. The van der Waals surface area contributed by atoms with Gasteiger partial charge in [-0.2, -0.15) is 0 Å². The number of fused-ring (bicyclic) bond motifs is 2. The lowest BCUT2D eigenvalue weighted by molar-refractivity contribution is 0.0338. The number of rotatable bonds is 6. The van der Waals surface area contributed by atoms with Crippen molar-refractivity contribution >= 4 is 23.8 Å². The van der Waals surface area contributed by atoms with Crippen LogP contribution in [0.25, 0.3) is 0 Å². The van der Waals surface area contributed by atoms with Gasteiger partial charge in [0.05, 0.1) is 18.9 Å². The van der Waals surface area contributed by atoms with E-state index in [0.29, 0.717) is 50.3 Å². The number of ether oxygens (including phenoxy) is 3. The van der Waals surface area contributed by atoms with E-state index in [1.807, 2.05) is 76.3 Å². The highest BCUT2D eigenvalue weighted by Crippen LogP contribution is 2.48. The molecule has 0 aliphatic carbocycles. The molecule has 3 aliphatic rings. The average Bonchev–Trinajstić information content (AvgIpc) is 3.32. The highest BCUT2D eigenvalue weighted by Gasteiger charge is 2.48. The zero-order valence-electron chi connectivity index (χ0n) is 25.8. The molecule has 0 saturated carbocycles. The second kappa shape index (κ2) is 12.9. The van der Waals surface area contributed by atoms with Gasteiger partial charge in [0.15, 0.2) is 0 Å². The number of benzene rings is 2. The summed E-state index contributed by atoms with van der Waals surface area (Å²) >= 11 is 0. The summed E-state index contributed by atoms with van der Waals surface area (Å²) in [5.41, 5.74) is 2.21. The van der Waals surface area contributed by atoms with E-state index in [1.54, 1.807) is 14.7 Å². The van der Waals surface area contributed by atoms with E-state index in [1.165, 1.54) is 0 Å². The van der Waals surface area contributed by atoms with Gasteiger partial charge in [-0.05, 0) is 56.9 Å². The maximum Gasteiger partial charge on any atom is 0.414 e. The number of anilines is 1. The van der Waals surface area contributed by atoms with Crippen molar-refractivity contribution in [3.63, 3.8) is 0 Å². The summed E-state index contributed by atoms with van der Waals surface area (Å²) in [5.74, 6) is -0.0860. The molecule has 232 valence electrons. The number of hydrogen-bond acceptors (Lipinski definition) is 7. The van der Waals surface area contributed by atoms with Crippen molar-refractivity contribution in [2.75, 3.05) is 71.0 Å². The fourth-order valence-corrected chi connectivity index (χ4v) is 6.08.